The Hall–Kier alpha value is -1.08. The van der Waals surface area contributed by atoms with Crippen molar-refractivity contribution in [1.82, 2.24) is 4.90 Å². The first-order valence-electron chi connectivity index (χ1n) is 6.97. The van der Waals surface area contributed by atoms with Crippen LogP contribution in [0.2, 0.25) is 0 Å². The molecule has 0 bridgehead atoms. The first-order valence-corrected chi connectivity index (χ1v) is 7.85. The molecule has 138 valence electrons. The van der Waals surface area contributed by atoms with Crippen LogP contribution in [0.4, 0.5) is 18.0 Å². The number of nitrogens with zero attached hydrogens (tertiary/aromatic N) is 2. The number of fused-ring (bicyclic) bond motifs is 1. The van der Waals surface area contributed by atoms with E-state index < -0.39 is 48.2 Å². The van der Waals surface area contributed by atoms with Gasteiger partial charge in [0.2, 0.25) is 0 Å². The predicted molar refractivity (Wildman–Crippen MR) is 76.7 cm³/mol. The molecule has 0 aromatic carbocycles. The van der Waals surface area contributed by atoms with Crippen LogP contribution >= 0.6 is 11.8 Å². The number of ether oxygens (including phenoxy) is 2. The number of amidine groups is 1. The topological polar surface area (TPSA) is 112 Å². The van der Waals surface area contributed by atoms with E-state index in [-0.39, 0.29) is 11.7 Å². The highest BCUT2D eigenvalue weighted by Gasteiger charge is 2.57. The van der Waals surface area contributed by atoms with Crippen LogP contribution in [-0.4, -0.2) is 87.2 Å². The van der Waals surface area contributed by atoms with E-state index in [1.165, 1.54) is 0 Å². The third-order valence-corrected chi connectivity index (χ3v) is 4.90. The zero-order valence-electron chi connectivity index (χ0n) is 12.7. The third-order valence-electron chi connectivity index (χ3n) is 3.74. The number of aliphatic imine (C=N–C) groups is 1. The number of hydrogen-bond acceptors (Lipinski definition) is 7. The molecular weight excluding hydrogens is 357 g/mol. The van der Waals surface area contributed by atoms with Crippen molar-refractivity contribution in [2.75, 3.05) is 13.7 Å². The molecule has 2 rings (SSSR count). The lowest BCUT2D eigenvalue weighted by atomic mass is 9.94. The van der Waals surface area contributed by atoms with Gasteiger partial charge >= 0.3 is 12.3 Å². The van der Waals surface area contributed by atoms with E-state index in [4.69, 9.17) is 9.84 Å². The number of carboxylic acid groups (broad SMARTS) is 1. The summed E-state index contributed by atoms with van der Waals surface area (Å²) in [7, 11) is 0.819. The van der Waals surface area contributed by atoms with Crippen molar-refractivity contribution in [3.05, 3.63) is 0 Å². The van der Waals surface area contributed by atoms with Crippen molar-refractivity contribution in [1.29, 1.82) is 0 Å². The van der Waals surface area contributed by atoms with Gasteiger partial charge in [0.15, 0.2) is 11.3 Å². The van der Waals surface area contributed by atoms with Gasteiger partial charge < -0.3 is 24.8 Å². The maximum absolute atomic E-state index is 13.0. The van der Waals surface area contributed by atoms with Crippen molar-refractivity contribution in [3.63, 3.8) is 0 Å². The standard InChI is InChI=1S/C12H17F3N2O6S/c1-3-17(11(20)21)10-16-4-5(18)6(19)7(23-9(4)24-10)8(22-2)12(13,14)15/h4-9,18-19H,3H2,1-2H3,(H,20,21)/t4-,5-,6+,7+,8-,9-/m1/s1. The molecule has 0 aromatic rings. The number of rotatable bonds is 3. The lowest BCUT2D eigenvalue weighted by Gasteiger charge is -2.41. The summed E-state index contributed by atoms with van der Waals surface area (Å²) in [6, 6.07) is -1.07. The second kappa shape index (κ2) is 7.04. The van der Waals surface area contributed by atoms with Crippen LogP contribution < -0.4 is 0 Å². The van der Waals surface area contributed by atoms with E-state index in [2.05, 4.69) is 9.73 Å². The number of thioether (sulfide) groups is 1. The normalized spacial score (nSPS) is 34.5. The van der Waals surface area contributed by atoms with Gasteiger partial charge in [-0.2, -0.15) is 13.2 Å². The molecule has 2 aliphatic heterocycles. The minimum Gasteiger partial charge on any atom is -0.465 e. The van der Waals surface area contributed by atoms with Gasteiger partial charge in [0.05, 0.1) is 0 Å². The summed E-state index contributed by atoms with van der Waals surface area (Å²) in [4.78, 5) is 16.0. The van der Waals surface area contributed by atoms with Crippen LogP contribution in [-0.2, 0) is 9.47 Å². The summed E-state index contributed by atoms with van der Waals surface area (Å²) in [6.07, 6.45) is -13.9. The number of halogens is 3. The number of aliphatic hydroxyl groups is 2. The molecule has 0 aliphatic carbocycles. The van der Waals surface area contributed by atoms with Crippen molar-refractivity contribution in [2.24, 2.45) is 4.99 Å². The molecule has 24 heavy (non-hydrogen) atoms. The lowest BCUT2D eigenvalue weighted by molar-refractivity contribution is -0.278. The smallest absolute Gasteiger partial charge is 0.417 e. The van der Waals surface area contributed by atoms with Gasteiger partial charge in [-0.25, -0.2) is 4.79 Å². The van der Waals surface area contributed by atoms with Gasteiger partial charge in [-0.05, 0) is 6.92 Å². The predicted octanol–water partition coefficient (Wildman–Crippen LogP) is 0.482. The Labute approximate surface area is 139 Å². The van der Waals surface area contributed by atoms with Gasteiger partial charge in [0.1, 0.15) is 29.8 Å². The molecule has 6 atom stereocenters. The van der Waals surface area contributed by atoms with Gasteiger partial charge in [0.25, 0.3) is 0 Å². The van der Waals surface area contributed by atoms with E-state index in [0.717, 1.165) is 23.8 Å². The zero-order valence-corrected chi connectivity index (χ0v) is 13.5. The molecule has 1 amide bonds. The maximum atomic E-state index is 13.0. The highest BCUT2D eigenvalue weighted by atomic mass is 32.2. The second-order valence-corrected chi connectivity index (χ2v) is 6.26. The second-order valence-electron chi connectivity index (χ2n) is 5.20. The zero-order chi connectivity index (χ0) is 18.2. The molecule has 3 N–H and O–H groups in total. The van der Waals surface area contributed by atoms with Crippen molar-refractivity contribution < 1.29 is 42.8 Å². The molecule has 0 unspecified atom stereocenters. The van der Waals surface area contributed by atoms with Crippen LogP contribution in [0.25, 0.3) is 0 Å². The molecule has 0 aromatic heterocycles. The first kappa shape index (κ1) is 19.2. The molecule has 0 spiro atoms. The van der Waals surface area contributed by atoms with E-state index in [9.17, 15) is 28.2 Å². The molecule has 1 fully saturated rings. The van der Waals surface area contributed by atoms with E-state index in [1.807, 2.05) is 0 Å². The van der Waals surface area contributed by atoms with Gasteiger partial charge in [-0.1, -0.05) is 11.8 Å². The Balaban J connectivity index is 2.22. The summed E-state index contributed by atoms with van der Waals surface area (Å²) in [5.74, 6) is 0. The number of carbonyl (C=O) groups is 1. The summed E-state index contributed by atoms with van der Waals surface area (Å²) in [6.45, 7) is 1.62. The van der Waals surface area contributed by atoms with Gasteiger partial charge in [-0.3, -0.25) is 9.89 Å². The molecule has 8 nitrogen and oxygen atoms in total. The average molecular weight is 374 g/mol. The van der Waals surface area contributed by atoms with E-state index >= 15 is 0 Å². The first-order chi connectivity index (χ1) is 11.1. The number of amides is 1. The van der Waals surface area contributed by atoms with E-state index in [1.54, 1.807) is 6.92 Å². The summed E-state index contributed by atoms with van der Waals surface area (Å²) in [5.41, 5.74) is -1.06. The molecule has 1 saturated heterocycles. The molecular formula is C12H17F3N2O6S. The van der Waals surface area contributed by atoms with Gasteiger partial charge in [-0.15, -0.1) is 0 Å². The van der Waals surface area contributed by atoms with Crippen LogP contribution in [0.1, 0.15) is 6.92 Å². The van der Waals surface area contributed by atoms with Crippen molar-refractivity contribution >= 4 is 23.0 Å². The molecule has 2 heterocycles. The van der Waals surface area contributed by atoms with E-state index in [0.29, 0.717) is 0 Å². The lowest BCUT2D eigenvalue weighted by Crippen LogP contribution is -2.61. The molecule has 0 radical (unpaired) electrons. The van der Waals surface area contributed by atoms with Crippen LogP contribution in [0, 0.1) is 0 Å². The Morgan fingerprint density at radius 3 is 2.54 bits per heavy atom. The minimum absolute atomic E-state index is 0.00660. The average Bonchev–Trinajstić information content (AvgIpc) is 2.87. The van der Waals surface area contributed by atoms with Crippen LogP contribution in [0.15, 0.2) is 4.99 Å². The summed E-state index contributed by atoms with van der Waals surface area (Å²) < 4.78 is 48.6. The fourth-order valence-corrected chi connectivity index (χ4v) is 3.83. The highest BCUT2D eigenvalue weighted by molar-refractivity contribution is 8.14. The summed E-state index contributed by atoms with van der Waals surface area (Å²) >= 11 is 0.783. The fraction of sp³-hybridized carbons (Fsp3) is 0.833. The van der Waals surface area contributed by atoms with Crippen molar-refractivity contribution in [3.8, 4) is 0 Å². The van der Waals surface area contributed by atoms with Crippen LogP contribution in [0.3, 0.4) is 0 Å². The Bertz CT molecular complexity index is 520. The monoisotopic (exact) mass is 374 g/mol. The minimum atomic E-state index is -4.81. The quantitative estimate of drug-likeness (QED) is 0.659. The van der Waals surface area contributed by atoms with Crippen molar-refractivity contribution in [2.45, 2.75) is 49.0 Å². The number of hydrogen-bond donors (Lipinski definition) is 3. The Kier molecular flexibility index (Phi) is 5.64. The maximum Gasteiger partial charge on any atom is 0.417 e. The summed E-state index contributed by atoms with van der Waals surface area (Å²) in [5, 5.41) is 29.2. The fourth-order valence-electron chi connectivity index (χ4n) is 2.56. The highest BCUT2D eigenvalue weighted by Crippen LogP contribution is 2.40. The number of methoxy groups -OCH3 is 1. The number of alkyl halides is 3. The SMILES string of the molecule is CCN(C(=O)O)C1=N[C@@H]2[C@@H](O)[C@H](O)[C@@H]([C@@H](OC)C(F)(F)F)O[C@@H]2S1. The Morgan fingerprint density at radius 1 is 1.46 bits per heavy atom. The Morgan fingerprint density at radius 2 is 2.08 bits per heavy atom. The largest absolute Gasteiger partial charge is 0.465 e. The van der Waals surface area contributed by atoms with Gasteiger partial charge in [0, 0.05) is 13.7 Å². The number of aliphatic hydroxyl groups excluding tert-OH is 2. The third kappa shape index (κ3) is 3.47. The van der Waals surface area contributed by atoms with Crippen LogP contribution in [0.5, 0.6) is 0 Å². The molecule has 0 saturated carbocycles. The molecule has 2 aliphatic rings. The molecule has 12 heteroatoms.